The molecule has 0 spiro atoms. The van der Waals surface area contributed by atoms with Crippen LogP contribution in [-0.2, 0) is 0 Å². The van der Waals surface area contributed by atoms with Crippen molar-refractivity contribution in [2.24, 2.45) is 5.73 Å². The average molecular weight is 329 g/mol. The number of carbonyl (C=O) groups is 1. The summed E-state index contributed by atoms with van der Waals surface area (Å²) in [5.41, 5.74) is 7.08. The molecule has 3 N–H and O–H groups in total. The normalized spacial score (nSPS) is 15.8. The van der Waals surface area contributed by atoms with Crippen LogP contribution in [0.3, 0.4) is 0 Å². The Hall–Kier alpha value is -1.46. The fourth-order valence-electron chi connectivity index (χ4n) is 2.97. The minimum absolute atomic E-state index is 0. The number of rotatable bonds is 5. The summed E-state index contributed by atoms with van der Waals surface area (Å²) in [4.78, 5) is 12.6. The van der Waals surface area contributed by atoms with Gasteiger partial charge in [-0.3, -0.25) is 4.79 Å². The molecule has 1 amide bonds. The van der Waals surface area contributed by atoms with Crippen molar-refractivity contribution in [1.82, 2.24) is 5.32 Å². The molecule has 124 valence electrons. The highest BCUT2D eigenvalue weighted by Crippen LogP contribution is 2.32. The Bertz CT molecular complexity index is 528. The minimum Gasteiger partial charge on any atom is -0.493 e. The van der Waals surface area contributed by atoms with Crippen LogP contribution in [0.4, 0.5) is 0 Å². The van der Waals surface area contributed by atoms with Gasteiger partial charge in [-0.15, -0.1) is 12.4 Å². The molecule has 0 saturated heterocycles. The molecule has 0 heterocycles. The fourth-order valence-corrected chi connectivity index (χ4v) is 2.97. The van der Waals surface area contributed by atoms with Gasteiger partial charge in [-0.25, -0.2) is 0 Å². The molecule has 1 saturated carbocycles. The van der Waals surface area contributed by atoms with Gasteiger partial charge >= 0.3 is 0 Å². The quantitative estimate of drug-likeness (QED) is 0.870. The number of benzene rings is 1. The van der Waals surface area contributed by atoms with Gasteiger partial charge in [0.05, 0.1) is 19.8 Å². The fraction of sp³-hybridized carbons (Fsp3) is 0.562. The summed E-state index contributed by atoms with van der Waals surface area (Å²) in [5.74, 6) is 1.09. The lowest BCUT2D eigenvalue weighted by Crippen LogP contribution is -2.51. The van der Waals surface area contributed by atoms with E-state index >= 15 is 0 Å². The van der Waals surface area contributed by atoms with Crippen LogP contribution in [0.5, 0.6) is 11.5 Å². The molecule has 1 aromatic carbocycles. The Morgan fingerprint density at radius 3 is 2.27 bits per heavy atom. The van der Waals surface area contributed by atoms with E-state index in [-0.39, 0.29) is 23.9 Å². The van der Waals surface area contributed by atoms with Gasteiger partial charge in [0, 0.05) is 12.1 Å². The Kier molecular flexibility index (Phi) is 6.50. The monoisotopic (exact) mass is 328 g/mol. The van der Waals surface area contributed by atoms with Gasteiger partial charge < -0.3 is 20.5 Å². The van der Waals surface area contributed by atoms with E-state index in [0.29, 0.717) is 23.6 Å². The highest BCUT2D eigenvalue weighted by atomic mass is 35.5. The van der Waals surface area contributed by atoms with E-state index < -0.39 is 0 Å². The Labute approximate surface area is 138 Å². The van der Waals surface area contributed by atoms with E-state index in [9.17, 15) is 4.79 Å². The van der Waals surface area contributed by atoms with Gasteiger partial charge in [0.15, 0.2) is 11.5 Å². The highest BCUT2D eigenvalue weighted by molar-refractivity contribution is 5.97. The van der Waals surface area contributed by atoms with Crippen LogP contribution in [-0.4, -0.2) is 32.2 Å². The number of hydrogen-bond acceptors (Lipinski definition) is 4. The van der Waals surface area contributed by atoms with Crippen molar-refractivity contribution in [3.8, 4) is 11.5 Å². The van der Waals surface area contributed by atoms with Crippen LogP contribution in [0.25, 0.3) is 0 Å². The van der Waals surface area contributed by atoms with E-state index in [1.807, 2.05) is 13.0 Å². The Morgan fingerprint density at radius 1 is 1.23 bits per heavy atom. The lowest BCUT2D eigenvalue weighted by molar-refractivity contribution is 0.0902. The molecule has 0 atom stereocenters. The van der Waals surface area contributed by atoms with E-state index in [0.717, 1.165) is 31.2 Å². The summed E-state index contributed by atoms with van der Waals surface area (Å²) in [6.07, 6.45) is 4.12. The molecule has 0 aliphatic heterocycles. The molecule has 0 radical (unpaired) electrons. The second-order valence-electron chi connectivity index (χ2n) is 5.67. The average Bonchev–Trinajstić information content (AvgIpc) is 2.95. The first-order chi connectivity index (χ1) is 10.0. The van der Waals surface area contributed by atoms with E-state index in [4.69, 9.17) is 15.2 Å². The number of carbonyl (C=O) groups excluding carboxylic acids is 1. The highest BCUT2D eigenvalue weighted by Gasteiger charge is 2.34. The predicted molar refractivity (Wildman–Crippen MR) is 89.3 cm³/mol. The third kappa shape index (κ3) is 3.65. The van der Waals surface area contributed by atoms with Crippen molar-refractivity contribution in [2.45, 2.75) is 38.1 Å². The first-order valence-corrected chi connectivity index (χ1v) is 7.30. The number of hydrogen-bond donors (Lipinski definition) is 2. The zero-order chi connectivity index (χ0) is 15.5. The largest absolute Gasteiger partial charge is 0.493 e. The van der Waals surface area contributed by atoms with Crippen LogP contribution in [0.2, 0.25) is 0 Å². The number of methoxy groups -OCH3 is 2. The van der Waals surface area contributed by atoms with Crippen molar-refractivity contribution < 1.29 is 14.3 Å². The maximum atomic E-state index is 12.6. The molecule has 2 rings (SSSR count). The topological polar surface area (TPSA) is 73.6 Å². The van der Waals surface area contributed by atoms with Gasteiger partial charge in [-0.05, 0) is 37.5 Å². The molecule has 1 aliphatic rings. The molecule has 5 nitrogen and oxygen atoms in total. The first kappa shape index (κ1) is 18.6. The molecule has 0 unspecified atom stereocenters. The second kappa shape index (κ2) is 7.70. The predicted octanol–water partition coefficient (Wildman–Crippen LogP) is 2.44. The maximum Gasteiger partial charge on any atom is 0.252 e. The standard InChI is InChI=1S/C16H24N2O3.ClH/c1-11-8-13(20-2)14(21-3)9-12(11)15(19)18-16(10-17)6-4-5-7-16;/h8-9H,4-7,10,17H2,1-3H3,(H,18,19);1H. The van der Waals surface area contributed by atoms with Gasteiger partial charge in [-0.2, -0.15) is 0 Å². The molecule has 22 heavy (non-hydrogen) atoms. The number of aryl methyl sites for hydroxylation is 1. The summed E-state index contributed by atoms with van der Waals surface area (Å²) < 4.78 is 10.5. The zero-order valence-electron chi connectivity index (χ0n) is 13.4. The van der Waals surface area contributed by atoms with E-state index in [1.54, 1.807) is 20.3 Å². The molecular formula is C16H25ClN2O3. The number of halogens is 1. The Morgan fingerprint density at radius 2 is 1.77 bits per heavy atom. The number of amides is 1. The smallest absolute Gasteiger partial charge is 0.252 e. The minimum atomic E-state index is -0.253. The molecule has 0 aromatic heterocycles. The summed E-state index contributed by atoms with van der Waals surface area (Å²) in [5, 5.41) is 3.13. The summed E-state index contributed by atoms with van der Waals surface area (Å²) in [7, 11) is 3.15. The second-order valence-corrected chi connectivity index (χ2v) is 5.67. The van der Waals surface area contributed by atoms with Crippen molar-refractivity contribution in [1.29, 1.82) is 0 Å². The van der Waals surface area contributed by atoms with Crippen LogP contribution in [0.1, 0.15) is 41.6 Å². The third-order valence-electron chi connectivity index (χ3n) is 4.31. The van der Waals surface area contributed by atoms with Crippen LogP contribution < -0.4 is 20.5 Å². The zero-order valence-corrected chi connectivity index (χ0v) is 14.2. The summed E-state index contributed by atoms with van der Waals surface area (Å²) >= 11 is 0. The van der Waals surface area contributed by atoms with Gasteiger partial charge in [-0.1, -0.05) is 12.8 Å². The molecule has 1 fully saturated rings. The molecule has 0 bridgehead atoms. The van der Waals surface area contributed by atoms with Crippen molar-refractivity contribution in [3.05, 3.63) is 23.3 Å². The van der Waals surface area contributed by atoms with Gasteiger partial charge in [0.1, 0.15) is 0 Å². The SMILES string of the molecule is COc1cc(C)c(C(=O)NC2(CN)CCCC2)cc1OC.Cl. The third-order valence-corrected chi connectivity index (χ3v) is 4.31. The lowest BCUT2D eigenvalue weighted by Gasteiger charge is -2.29. The summed E-state index contributed by atoms with van der Waals surface area (Å²) in [6.45, 7) is 2.37. The molecule has 1 aliphatic carbocycles. The molecular weight excluding hydrogens is 304 g/mol. The Balaban J connectivity index is 0.00000242. The maximum absolute atomic E-state index is 12.6. The van der Waals surface area contributed by atoms with Crippen LogP contribution >= 0.6 is 12.4 Å². The van der Waals surface area contributed by atoms with Crippen molar-refractivity contribution in [2.75, 3.05) is 20.8 Å². The van der Waals surface area contributed by atoms with Crippen LogP contribution in [0.15, 0.2) is 12.1 Å². The summed E-state index contributed by atoms with van der Waals surface area (Å²) in [6, 6.07) is 3.54. The van der Waals surface area contributed by atoms with Gasteiger partial charge in [0.2, 0.25) is 0 Å². The van der Waals surface area contributed by atoms with Crippen molar-refractivity contribution >= 4 is 18.3 Å². The van der Waals surface area contributed by atoms with Crippen LogP contribution in [0, 0.1) is 6.92 Å². The molecule has 1 aromatic rings. The lowest BCUT2D eigenvalue weighted by atomic mass is 9.96. The number of nitrogens with two attached hydrogens (primary N) is 1. The van der Waals surface area contributed by atoms with E-state index in [2.05, 4.69) is 5.32 Å². The number of nitrogens with one attached hydrogen (secondary N) is 1. The van der Waals surface area contributed by atoms with Gasteiger partial charge in [0.25, 0.3) is 5.91 Å². The first-order valence-electron chi connectivity index (χ1n) is 7.30. The number of ether oxygens (including phenoxy) is 2. The molecule has 6 heteroatoms. The van der Waals surface area contributed by atoms with E-state index in [1.165, 1.54) is 0 Å². The van der Waals surface area contributed by atoms with Crippen molar-refractivity contribution in [3.63, 3.8) is 0 Å².